The third kappa shape index (κ3) is 3.07. The van der Waals surface area contributed by atoms with Crippen molar-refractivity contribution < 1.29 is 4.79 Å². The Hall–Kier alpha value is -2.37. The van der Waals surface area contributed by atoms with Gasteiger partial charge in [-0.2, -0.15) is 5.10 Å². The number of nitrogens with two attached hydrogens (primary N) is 1. The normalized spacial score (nSPS) is 10.3. The largest absolute Gasteiger partial charge is 0.397 e. The van der Waals surface area contributed by atoms with Crippen LogP contribution in [0, 0.1) is 0 Å². The third-order valence-electron chi connectivity index (χ3n) is 2.58. The van der Waals surface area contributed by atoms with E-state index in [0.29, 0.717) is 17.9 Å². The summed E-state index contributed by atoms with van der Waals surface area (Å²) in [5, 5.41) is 6.85. The second-order valence-electron chi connectivity index (χ2n) is 3.98. The van der Waals surface area contributed by atoms with E-state index in [4.69, 9.17) is 5.73 Å². The molecule has 0 atom stereocenters. The highest BCUT2D eigenvalue weighted by molar-refractivity contribution is 5.78. The van der Waals surface area contributed by atoms with Crippen LogP contribution in [-0.4, -0.2) is 20.7 Å². The molecule has 0 spiro atoms. The Labute approximate surface area is 105 Å². The number of nitrogens with zero attached hydrogens (tertiary/aromatic N) is 3. The predicted octanol–water partition coefficient (Wildman–Crippen LogP) is 0.256. The molecule has 6 heteroatoms. The van der Waals surface area contributed by atoms with Gasteiger partial charge in [-0.25, -0.2) is 0 Å². The smallest absolute Gasteiger partial charge is 0.226 e. The molecule has 0 bridgehead atoms. The molecule has 0 radical (unpaired) electrons. The van der Waals surface area contributed by atoms with E-state index in [1.54, 1.807) is 29.2 Å². The van der Waals surface area contributed by atoms with Crippen molar-refractivity contribution in [1.82, 2.24) is 20.1 Å². The lowest BCUT2D eigenvalue weighted by molar-refractivity contribution is -0.120. The van der Waals surface area contributed by atoms with E-state index < -0.39 is 0 Å². The molecule has 0 unspecified atom stereocenters. The molecule has 0 saturated carbocycles. The number of aromatic nitrogens is 3. The van der Waals surface area contributed by atoms with Gasteiger partial charge in [0.1, 0.15) is 0 Å². The van der Waals surface area contributed by atoms with Crippen LogP contribution in [0.1, 0.15) is 11.4 Å². The molecule has 1 amide bonds. The van der Waals surface area contributed by atoms with Crippen LogP contribution in [-0.2, 0) is 24.8 Å². The van der Waals surface area contributed by atoms with Gasteiger partial charge in [0, 0.05) is 18.9 Å². The Balaban J connectivity index is 1.86. The summed E-state index contributed by atoms with van der Waals surface area (Å²) >= 11 is 0. The molecule has 2 aromatic heterocycles. The van der Waals surface area contributed by atoms with Crippen LogP contribution in [0.25, 0.3) is 0 Å². The van der Waals surface area contributed by atoms with Gasteiger partial charge in [-0.1, -0.05) is 0 Å². The van der Waals surface area contributed by atoms with Gasteiger partial charge in [-0.05, 0) is 18.2 Å². The van der Waals surface area contributed by atoms with Crippen molar-refractivity contribution in [1.29, 1.82) is 0 Å². The zero-order chi connectivity index (χ0) is 13.0. The van der Waals surface area contributed by atoms with Gasteiger partial charge in [-0.15, -0.1) is 0 Å². The number of carbonyl (C=O) groups excluding carboxylic acids is 1. The third-order valence-corrected chi connectivity index (χ3v) is 2.58. The number of carbonyl (C=O) groups is 1. The van der Waals surface area contributed by atoms with E-state index in [2.05, 4.69) is 15.4 Å². The van der Waals surface area contributed by atoms with Crippen molar-refractivity contribution in [3.05, 3.63) is 42.0 Å². The van der Waals surface area contributed by atoms with E-state index in [0.717, 1.165) is 5.69 Å². The van der Waals surface area contributed by atoms with Gasteiger partial charge in [0.15, 0.2) is 0 Å². The summed E-state index contributed by atoms with van der Waals surface area (Å²) in [6.07, 6.45) is 3.49. The molecule has 0 aliphatic heterocycles. The molecule has 0 aliphatic rings. The highest BCUT2D eigenvalue weighted by Gasteiger charge is 2.05. The van der Waals surface area contributed by atoms with E-state index in [-0.39, 0.29) is 12.3 Å². The maximum absolute atomic E-state index is 11.7. The first-order chi connectivity index (χ1) is 8.65. The Morgan fingerprint density at radius 1 is 1.44 bits per heavy atom. The van der Waals surface area contributed by atoms with Gasteiger partial charge in [0.25, 0.3) is 0 Å². The molecular weight excluding hydrogens is 230 g/mol. The van der Waals surface area contributed by atoms with E-state index in [1.807, 2.05) is 13.1 Å². The standard InChI is InChI=1S/C12H15N5O/c1-17-11(4-5-16-17)8-15-12(18)6-10-3-2-9(13)7-14-10/h2-5,7H,6,8,13H2,1H3,(H,15,18). The van der Waals surface area contributed by atoms with E-state index in [9.17, 15) is 4.79 Å². The molecule has 0 aliphatic carbocycles. The molecule has 2 rings (SSSR count). The zero-order valence-corrected chi connectivity index (χ0v) is 10.1. The first kappa shape index (κ1) is 12.1. The molecule has 18 heavy (non-hydrogen) atoms. The van der Waals surface area contributed by atoms with Crippen molar-refractivity contribution in [2.24, 2.45) is 7.05 Å². The van der Waals surface area contributed by atoms with Gasteiger partial charge >= 0.3 is 0 Å². The number of hydrogen-bond acceptors (Lipinski definition) is 4. The van der Waals surface area contributed by atoms with Crippen LogP contribution < -0.4 is 11.1 Å². The predicted molar refractivity (Wildman–Crippen MR) is 67.4 cm³/mol. The SMILES string of the molecule is Cn1nccc1CNC(=O)Cc1ccc(N)cn1. The number of rotatable bonds is 4. The molecule has 0 aromatic carbocycles. The average Bonchev–Trinajstić information content (AvgIpc) is 2.75. The van der Waals surface area contributed by atoms with Crippen molar-refractivity contribution in [3.63, 3.8) is 0 Å². The minimum atomic E-state index is -0.0755. The van der Waals surface area contributed by atoms with Gasteiger partial charge in [0.2, 0.25) is 5.91 Å². The molecule has 0 fully saturated rings. The summed E-state index contributed by atoms with van der Waals surface area (Å²) < 4.78 is 1.72. The monoisotopic (exact) mass is 245 g/mol. The van der Waals surface area contributed by atoms with Crippen LogP contribution >= 0.6 is 0 Å². The summed E-state index contributed by atoms with van der Waals surface area (Å²) in [4.78, 5) is 15.8. The zero-order valence-electron chi connectivity index (χ0n) is 10.1. The minimum Gasteiger partial charge on any atom is -0.397 e. The lowest BCUT2D eigenvalue weighted by Gasteiger charge is -2.05. The fraction of sp³-hybridized carbons (Fsp3) is 0.250. The first-order valence-electron chi connectivity index (χ1n) is 5.59. The number of hydrogen-bond donors (Lipinski definition) is 2. The fourth-order valence-corrected chi connectivity index (χ4v) is 1.53. The van der Waals surface area contributed by atoms with Gasteiger partial charge in [-0.3, -0.25) is 14.5 Å². The van der Waals surface area contributed by atoms with Crippen LogP contribution in [0.3, 0.4) is 0 Å². The van der Waals surface area contributed by atoms with E-state index in [1.165, 1.54) is 0 Å². The Bertz CT molecular complexity index is 532. The molecule has 94 valence electrons. The Kier molecular flexibility index (Phi) is 3.57. The lowest BCUT2D eigenvalue weighted by Crippen LogP contribution is -2.26. The molecular formula is C12H15N5O. The van der Waals surface area contributed by atoms with Crippen LogP contribution in [0.2, 0.25) is 0 Å². The number of anilines is 1. The lowest BCUT2D eigenvalue weighted by atomic mass is 10.2. The highest BCUT2D eigenvalue weighted by atomic mass is 16.1. The number of nitrogen functional groups attached to an aromatic ring is 1. The quantitative estimate of drug-likeness (QED) is 0.808. The van der Waals surface area contributed by atoms with Gasteiger partial charge < -0.3 is 11.1 Å². The average molecular weight is 245 g/mol. The highest BCUT2D eigenvalue weighted by Crippen LogP contribution is 2.02. The summed E-state index contributed by atoms with van der Waals surface area (Å²) in [7, 11) is 1.84. The van der Waals surface area contributed by atoms with Crippen molar-refractivity contribution in [2.45, 2.75) is 13.0 Å². The van der Waals surface area contributed by atoms with E-state index >= 15 is 0 Å². The molecule has 2 heterocycles. The molecule has 0 saturated heterocycles. The number of aryl methyl sites for hydroxylation is 1. The van der Waals surface area contributed by atoms with Crippen molar-refractivity contribution in [3.8, 4) is 0 Å². The van der Waals surface area contributed by atoms with Crippen molar-refractivity contribution in [2.75, 3.05) is 5.73 Å². The summed E-state index contributed by atoms with van der Waals surface area (Å²) in [6, 6.07) is 5.34. The topological polar surface area (TPSA) is 85.8 Å². The maximum atomic E-state index is 11.7. The second kappa shape index (κ2) is 5.31. The van der Waals surface area contributed by atoms with Gasteiger partial charge in [0.05, 0.1) is 30.5 Å². The summed E-state index contributed by atoms with van der Waals surface area (Å²) in [5.41, 5.74) is 7.77. The van der Waals surface area contributed by atoms with Crippen molar-refractivity contribution >= 4 is 11.6 Å². The van der Waals surface area contributed by atoms with Crippen LogP contribution in [0.15, 0.2) is 30.6 Å². The molecule has 3 N–H and O–H groups in total. The molecule has 6 nitrogen and oxygen atoms in total. The first-order valence-corrected chi connectivity index (χ1v) is 5.59. The number of pyridine rings is 1. The Morgan fingerprint density at radius 3 is 2.89 bits per heavy atom. The molecule has 2 aromatic rings. The minimum absolute atomic E-state index is 0.0755. The maximum Gasteiger partial charge on any atom is 0.226 e. The van der Waals surface area contributed by atoms with Crippen LogP contribution in [0.5, 0.6) is 0 Å². The summed E-state index contributed by atoms with van der Waals surface area (Å²) in [5.74, 6) is -0.0755. The fourth-order valence-electron chi connectivity index (χ4n) is 1.53. The van der Waals surface area contributed by atoms with Crippen LogP contribution in [0.4, 0.5) is 5.69 Å². The summed E-state index contributed by atoms with van der Waals surface area (Å²) in [6.45, 7) is 0.463. The Morgan fingerprint density at radius 2 is 2.28 bits per heavy atom. The number of nitrogens with one attached hydrogen (secondary N) is 1. The number of amides is 1. The second-order valence-corrected chi connectivity index (χ2v) is 3.98.